The number of piperidine rings is 1. The molecule has 1 aromatic rings. The molecule has 1 unspecified atom stereocenters. The van der Waals surface area contributed by atoms with Crippen LogP contribution in [0.1, 0.15) is 82.8 Å². The van der Waals surface area contributed by atoms with Crippen LogP contribution < -0.4 is 10.6 Å². The van der Waals surface area contributed by atoms with Crippen molar-refractivity contribution in [3.05, 3.63) is 35.9 Å². The number of methoxy groups -OCH3 is 1. The van der Waals surface area contributed by atoms with Crippen LogP contribution in [0.3, 0.4) is 0 Å². The van der Waals surface area contributed by atoms with Crippen LogP contribution in [0.25, 0.3) is 0 Å². The number of nitrogens with zero attached hydrogens (tertiary/aromatic N) is 1. The summed E-state index contributed by atoms with van der Waals surface area (Å²) in [5, 5.41) is 6.97. The van der Waals surface area contributed by atoms with Gasteiger partial charge in [-0.05, 0) is 50.1 Å². The second kappa shape index (κ2) is 16.2. The first-order chi connectivity index (χ1) is 17.2. The lowest BCUT2D eigenvalue weighted by molar-refractivity contribution is -0.0168. The van der Waals surface area contributed by atoms with Crippen molar-refractivity contribution in [2.75, 3.05) is 46.5 Å². The summed E-state index contributed by atoms with van der Waals surface area (Å²) < 4.78 is 11.6. The molecule has 3 atom stereocenters. The van der Waals surface area contributed by atoms with E-state index in [1.807, 2.05) is 11.0 Å². The van der Waals surface area contributed by atoms with E-state index in [4.69, 9.17) is 9.47 Å². The van der Waals surface area contributed by atoms with Crippen LogP contribution >= 0.6 is 0 Å². The Labute approximate surface area is 213 Å². The van der Waals surface area contributed by atoms with Crippen LogP contribution in [0.5, 0.6) is 0 Å². The maximum Gasteiger partial charge on any atom is 0.317 e. The van der Waals surface area contributed by atoms with E-state index in [2.05, 4.69) is 41.8 Å². The molecule has 0 spiro atoms. The van der Waals surface area contributed by atoms with Crippen molar-refractivity contribution in [2.45, 2.75) is 83.3 Å². The van der Waals surface area contributed by atoms with Gasteiger partial charge in [-0.1, -0.05) is 69.4 Å². The molecule has 6 heteroatoms. The maximum absolute atomic E-state index is 13.4. The summed E-state index contributed by atoms with van der Waals surface area (Å²) in [6, 6.07) is 10.8. The van der Waals surface area contributed by atoms with Gasteiger partial charge in [-0.15, -0.1) is 0 Å². The molecule has 1 aromatic carbocycles. The van der Waals surface area contributed by atoms with E-state index in [0.717, 1.165) is 64.2 Å². The van der Waals surface area contributed by atoms with Crippen molar-refractivity contribution < 1.29 is 14.3 Å². The molecule has 198 valence electrons. The van der Waals surface area contributed by atoms with E-state index in [1.165, 1.54) is 37.7 Å². The summed E-state index contributed by atoms with van der Waals surface area (Å²) in [5.41, 5.74) is 1.20. The number of ether oxygens (including phenoxy) is 2. The lowest BCUT2D eigenvalue weighted by atomic mass is 9.84. The Bertz CT molecular complexity index is 696. The topological polar surface area (TPSA) is 62.8 Å². The van der Waals surface area contributed by atoms with Gasteiger partial charge in [0.1, 0.15) is 0 Å². The Morgan fingerprint density at radius 3 is 2.63 bits per heavy atom. The Morgan fingerprint density at radius 1 is 1.09 bits per heavy atom. The molecule has 2 aliphatic rings. The molecule has 6 nitrogen and oxygen atoms in total. The van der Waals surface area contributed by atoms with E-state index in [0.29, 0.717) is 19.1 Å². The number of amides is 2. The van der Waals surface area contributed by atoms with Crippen LogP contribution in [0.4, 0.5) is 4.79 Å². The van der Waals surface area contributed by atoms with Gasteiger partial charge in [-0.2, -0.15) is 0 Å². The van der Waals surface area contributed by atoms with Gasteiger partial charge >= 0.3 is 6.03 Å². The van der Waals surface area contributed by atoms with E-state index in [-0.39, 0.29) is 18.2 Å². The van der Waals surface area contributed by atoms with Crippen molar-refractivity contribution in [3.8, 4) is 0 Å². The van der Waals surface area contributed by atoms with Crippen LogP contribution in [0.15, 0.2) is 30.3 Å². The number of urea groups is 1. The number of rotatable bonds is 14. The minimum Gasteiger partial charge on any atom is -0.385 e. The molecule has 1 aliphatic carbocycles. The van der Waals surface area contributed by atoms with Crippen molar-refractivity contribution in [2.24, 2.45) is 11.8 Å². The fraction of sp³-hybridized carbons (Fsp3) is 0.759. The van der Waals surface area contributed by atoms with Gasteiger partial charge in [0.25, 0.3) is 0 Å². The summed E-state index contributed by atoms with van der Waals surface area (Å²) in [4.78, 5) is 15.5. The number of carbonyl (C=O) groups is 1. The Morgan fingerprint density at radius 2 is 1.89 bits per heavy atom. The van der Waals surface area contributed by atoms with E-state index < -0.39 is 0 Å². The van der Waals surface area contributed by atoms with Gasteiger partial charge in [-0.3, -0.25) is 0 Å². The van der Waals surface area contributed by atoms with Crippen LogP contribution in [-0.2, 0) is 9.47 Å². The summed E-state index contributed by atoms with van der Waals surface area (Å²) in [5.74, 6) is 1.05. The molecular weight excluding hydrogens is 438 g/mol. The second-order valence-electron chi connectivity index (χ2n) is 10.5. The first kappa shape index (κ1) is 27.9. The highest BCUT2D eigenvalue weighted by Crippen LogP contribution is 2.33. The van der Waals surface area contributed by atoms with Gasteiger partial charge in [0.2, 0.25) is 0 Å². The minimum atomic E-state index is 0.00733. The third-order valence-electron chi connectivity index (χ3n) is 7.58. The smallest absolute Gasteiger partial charge is 0.317 e. The monoisotopic (exact) mass is 487 g/mol. The first-order valence-corrected chi connectivity index (χ1v) is 14.1. The molecule has 0 radical (unpaired) electrons. The number of likely N-dealkylation sites (tertiary alicyclic amines) is 1. The maximum atomic E-state index is 13.4. The van der Waals surface area contributed by atoms with Gasteiger partial charge < -0.3 is 25.0 Å². The molecule has 35 heavy (non-hydrogen) atoms. The molecule has 1 saturated heterocycles. The lowest BCUT2D eigenvalue weighted by Crippen LogP contribution is -2.52. The Kier molecular flexibility index (Phi) is 12.9. The van der Waals surface area contributed by atoms with Crippen LogP contribution in [0, 0.1) is 11.8 Å². The fourth-order valence-electron chi connectivity index (χ4n) is 5.74. The van der Waals surface area contributed by atoms with Crippen molar-refractivity contribution in [1.82, 2.24) is 15.5 Å². The zero-order valence-electron chi connectivity index (χ0n) is 22.2. The molecule has 2 N–H and O–H groups in total. The van der Waals surface area contributed by atoms with E-state index >= 15 is 0 Å². The molecule has 0 aromatic heterocycles. The Hall–Kier alpha value is -1.63. The molecule has 0 bridgehead atoms. The predicted octanol–water partition coefficient (Wildman–Crippen LogP) is 5.54. The standard InChI is InChI=1S/C29H49N3O3/c1-3-17-30-22-27(21-24-12-6-4-7-13-24)31-29(33)32-18-10-16-26(23-32)28(35-20-11-19-34-2)25-14-8-5-9-15-25/h5,8-9,14-15,24,26-28,30H,3-4,6-7,10-13,16-23H2,1-2H3,(H,31,33)/t26-,27+,28?/m1/s1. The average molecular weight is 488 g/mol. The first-order valence-electron chi connectivity index (χ1n) is 14.1. The van der Waals surface area contributed by atoms with E-state index in [1.54, 1.807) is 7.11 Å². The molecule has 3 rings (SSSR count). The van der Waals surface area contributed by atoms with Gasteiger partial charge in [0.05, 0.1) is 6.10 Å². The quantitative estimate of drug-likeness (QED) is 0.338. The fourth-order valence-corrected chi connectivity index (χ4v) is 5.74. The van der Waals surface area contributed by atoms with Gasteiger partial charge in [-0.25, -0.2) is 4.79 Å². The van der Waals surface area contributed by atoms with Crippen LogP contribution in [0.2, 0.25) is 0 Å². The third kappa shape index (κ3) is 9.74. The zero-order chi connectivity index (χ0) is 24.7. The highest BCUT2D eigenvalue weighted by atomic mass is 16.5. The SMILES string of the molecule is CCCNC[C@H](CC1CCCCC1)NC(=O)N1CCC[C@@H](C(OCCCOC)c2ccccc2)C1. The molecule has 2 fully saturated rings. The second-order valence-corrected chi connectivity index (χ2v) is 10.5. The highest BCUT2D eigenvalue weighted by molar-refractivity contribution is 5.74. The normalized spacial score (nSPS) is 21.0. The van der Waals surface area contributed by atoms with Gasteiger partial charge in [0.15, 0.2) is 0 Å². The largest absolute Gasteiger partial charge is 0.385 e. The Balaban J connectivity index is 1.60. The van der Waals surface area contributed by atoms with Crippen LogP contribution in [-0.4, -0.2) is 63.5 Å². The summed E-state index contributed by atoms with van der Waals surface area (Å²) in [6.07, 6.45) is 11.9. The number of carbonyl (C=O) groups excluding carboxylic acids is 1. The average Bonchev–Trinajstić information content (AvgIpc) is 2.90. The van der Waals surface area contributed by atoms with E-state index in [9.17, 15) is 4.79 Å². The summed E-state index contributed by atoms with van der Waals surface area (Å²) >= 11 is 0. The van der Waals surface area contributed by atoms with Gasteiger partial charge in [0, 0.05) is 51.9 Å². The lowest BCUT2D eigenvalue weighted by Gasteiger charge is -2.38. The minimum absolute atomic E-state index is 0.00733. The number of hydrogen-bond donors (Lipinski definition) is 2. The highest BCUT2D eigenvalue weighted by Gasteiger charge is 2.32. The number of nitrogens with one attached hydrogen (secondary N) is 2. The molecular formula is C29H49N3O3. The third-order valence-corrected chi connectivity index (χ3v) is 7.58. The molecule has 1 aliphatic heterocycles. The molecule has 2 amide bonds. The number of hydrogen-bond acceptors (Lipinski definition) is 4. The predicted molar refractivity (Wildman–Crippen MR) is 143 cm³/mol. The molecule has 1 saturated carbocycles. The zero-order valence-corrected chi connectivity index (χ0v) is 22.2. The van der Waals surface area contributed by atoms with Crippen molar-refractivity contribution in [1.29, 1.82) is 0 Å². The van der Waals surface area contributed by atoms with Crippen molar-refractivity contribution >= 4 is 6.03 Å². The van der Waals surface area contributed by atoms with Crippen molar-refractivity contribution in [3.63, 3.8) is 0 Å². The summed E-state index contributed by atoms with van der Waals surface area (Å²) in [6.45, 7) is 7.00. The number of benzene rings is 1. The molecule has 1 heterocycles. The summed E-state index contributed by atoms with van der Waals surface area (Å²) in [7, 11) is 1.73.